The van der Waals surface area contributed by atoms with Crippen LogP contribution in [-0.2, 0) is 4.79 Å². The summed E-state index contributed by atoms with van der Waals surface area (Å²) in [5, 5.41) is 15.7. The van der Waals surface area contributed by atoms with Crippen molar-refractivity contribution in [1.82, 2.24) is 5.32 Å². The summed E-state index contributed by atoms with van der Waals surface area (Å²) in [7, 11) is 0. The lowest BCUT2D eigenvalue weighted by Crippen LogP contribution is -2.39. The largest absolute Gasteiger partial charge is 0.393 e. The molecule has 0 radical (unpaired) electrons. The van der Waals surface area contributed by atoms with E-state index in [2.05, 4.69) is 10.6 Å². The zero-order valence-corrected chi connectivity index (χ0v) is 11.5. The molecule has 0 saturated carbocycles. The Morgan fingerprint density at radius 2 is 2.21 bits per heavy atom. The van der Waals surface area contributed by atoms with Gasteiger partial charge in [-0.15, -0.1) is 0 Å². The predicted molar refractivity (Wildman–Crippen MR) is 76.2 cm³/mol. The predicted octanol–water partition coefficient (Wildman–Crippen LogP) is 1.86. The van der Waals surface area contributed by atoms with E-state index in [1.807, 2.05) is 31.2 Å². The van der Waals surface area contributed by atoms with Gasteiger partial charge in [0.1, 0.15) is 0 Å². The fourth-order valence-corrected chi connectivity index (χ4v) is 2.65. The average molecular weight is 262 g/mol. The zero-order chi connectivity index (χ0) is 13.8. The van der Waals surface area contributed by atoms with Crippen LogP contribution in [0.5, 0.6) is 0 Å². The van der Waals surface area contributed by atoms with E-state index in [1.54, 1.807) is 6.92 Å². The number of aliphatic hydroxyl groups is 1. The number of aliphatic hydroxyl groups excluding tert-OH is 1. The smallest absolute Gasteiger partial charge is 0.227 e. The van der Waals surface area contributed by atoms with Crippen molar-refractivity contribution in [2.75, 3.05) is 11.9 Å². The molecule has 1 heterocycles. The van der Waals surface area contributed by atoms with Gasteiger partial charge in [-0.1, -0.05) is 18.2 Å². The molecule has 1 aromatic carbocycles. The first-order valence-corrected chi connectivity index (χ1v) is 6.89. The van der Waals surface area contributed by atoms with Gasteiger partial charge >= 0.3 is 0 Å². The van der Waals surface area contributed by atoms with Crippen LogP contribution in [0.15, 0.2) is 24.3 Å². The van der Waals surface area contributed by atoms with Crippen LogP contribution in [0.1, 0.15) is 38.2 Å². The van der Waals surface area contributed by atoms with Crippen molar-refractivity contribution in [3.05, 3.63) is 29.8 Å². The standard InChI is InChI=1S/C15H22N2O2/c1-10(9-11(2)18)17-15(19)13-7-8-16-14-6-4-3-5-12(13)14/h3-6,10-11,13,16,18H,7-9H2,1-2H3,(H,17,19). The van der Waals surface area contributed by atoms with Gasteiger partial charge < -0.3 is 15.7 Å². The average Bonchev–Trinajstić information content (AvgIpc) is 2.36. The minimum Gasteiger partial charge on any atom is -0.393 e. The van der Waals surface area contributed by atoms with Gasteiger partial charge in [-0.25, -0.2) is 0 Å². The first-order chi connectivity index (χ1) is 9.08. The van der Waals surface area contributed by atoms with E-state index in [1.165, 1.54) is 0 Å². The summed E-state index contributed by atoms with van der Waals surface area (Å²) in [4.78, 5) is 12.3. The molecule has 1 amide bonds. The molecule has 0 bridgehead atoms. The monoisotopic (exact) mass is 262 g/mol. The van der Waals surface area contributed by atoms with Gasteiger partial charge in [-0.05, 0) is 38.3 Å². The third-order valence-corrected chi connectivity index (χ3v) is 3.48. The second kappa shape index (κ2) is 6.06. The summed E-state index contributed by atoms with van der Waals surface area (Å²) in [6, 6.07) is 7.95. The molecule has 1 aliphatic rings. The topological polar surface area (TPSA) is 61.4 Å². The molecule has 4 nitrogen and oxygen atoms in total. The Morgan fingerprint density at radius 1 is 1.47 bits per heavy atom. The number of fused-ring (bicyclic) bond motifs is 1. The lowest BCUT2D eigenvalue weighted by atomic mass is 9.90. The Bertz CT molecular complexity index is 446. The number of hydrogen-bond donors (Lipinski definition) is 3. The quantitative estimate of drug-likeness (QED) is 0.776. The van der Waals surface area contributed by atoms with Gasteiger partial charge in [0, 0.05) is 18.3 Å². The third-order valence-electron chi connectivity index (χ3n) is 3.48. The molecule has 2 rings (SSSR count). The second-order valence-electron chi connectivity index (χ2n) is 5.35. The lowest BCUT2D eigenvalue weighted by molar-refractivity contribution is -0.123. The molecule has 0 saturated heterocycles. The highest BCUT2D eigenvalue weighted by molar-refractivity contribution is 5.86. The van der Waals surface area contributed by atoms with E-state index >= 15 is 0 Å². The first kappa shape index (κ1) is 13.9. The number of carbonyl (C=O) groups excluding carboxylic acids is 1. The molecular weight excluding hydrogens is 240 g/mol. The van der Waals surface area contributed by atoms with Crippen molar-refractivity contribution in [2.45, 2.75) is 44.8 Å². The normalized spacial score (nSPS) is 20.9. The molecule has 0 spiro atoms. The Hall–Kier alpha value is -1.55. The highest BCUT2D eigenvalue weighted by atomic mass is 16.3. The number of amides is 1. The number of para-hydroxylation sites is 1. The van der Waals surface area contributed by atoms with Gasteiger partial charge in [-0.2, -0.15) is 0 Å². The minimum absolute atomic E-state index is 0.00505. The van der Waals surface area contributed by atoms with Crippen LogP contribution in [0.4, 0.5) is 5.69 Å². The summed E-state index contributed by atoms with van der Waals surface area (Å²) in [6.07, 6.45) is 0.999. The Kier molecular flexibility index (Phi) is 4.43. The number of benzene rings is 1. The molecule has 0 fully saturated rings. The second-order valence-corrected chi connectivity index (χ2v) is 5.35. The summed E-state index contributed by atoms with van der Waals surface area (Å²) in [5.41, 5.74) is 2.12. The van der Waals surface area contributed by atoms with Crippen molar-refractivity contribution in [1.29, 1.82) is 0 Å². The van der Waals surface area contributed by atoms with Crippen LogP contribution in [0.25, 0.3) is 0 Å². The van der Waals surface area contributed by atoms with E-state index in [-0.39, 0.29) is 17.9 Å². The summed E-state index contributed by atoms with van der Waals surface area (Å²) < 4.78 is 0. The maximum Gasteiger partial charge on any atom is 0.227 e. The molecule has 0 aromatic heterocycles. The lowest BCUT2D eigenvalue weighted by Gasteiger charge is -2.27. The van der Waals surface area contributed by atoms with Crippen molar-refractivity contribution in [2.24, 2.45) is 0 Å². The molecule has 19 heavy (non-hydrogen) atoms. The minimum atomic E-state index is -0.393. The maximum absolute atomic E-state index is 12.3. The zero-order valence-electron chi connectivity index (χ0n) is 11.5. The van der Waals surface area contributed by atoms with E-state index in [4.69, 9.17) is 0 Å². The van der Waals surface area contributed by atoms with Gasteiger partial charge in [0.05, 0.1) is 12.0 Å². The molecule has 3 atom stereocenters. The van der Waals surface area contributed by atoms with Gasteiger partial charge in [0.2, 0.25) is 5.91 Å². The summed E-state index contributed by atoms with van der Waals surface area (Å²) >= 11 is 0. The van der Waals surface area contributed by atoms with Crippen LogP contribution in [0, 0.1) is 0 Å². The van der Waals surface area contributed by atoms with Gasteiger partial charge in [0.15, 0.2) is 0 Å². The Labute approximate surface area is 114 Å². The third kappa shape index (κ3) is 3.47. The highest BCUT2D eigenvalue weighted by Gasteiger charge is 2.26. The summed E-state index contributed by atoms with van der Waals surface area (Å²) in [6.45, 7) is 4.49. The number of carbonyl (C=O) groups is 1. The Morgan fingerprint density at radius 3 is 2.95 bits per heavy atom. The van der Waals surface area contributed by atoms with E-state index < -0.39 is 6.10 Å². The van der Waals surface area contributed by atoms with Gasteiger partial charge in [0.25, 0.3) is 0 Å². The highest BCUT2D eigenvalue weighted by Crippen LogP contribution is 2.31. The van der Waals surface area contributed by atoms with Gasteiger partial charge in [-0.3, -0.25) is 4.79 Å². The van der Waals surface area contributed by atoms with E-state index in [0.717, 1.165) is 24.2 Å². The summed E-state index contributed by atoms with van der Waals surface area (Å²) in [5.74, 6) is -0.0315. The molecule has 3 unspecified atom stereocenters. The van der Waals surface area contributed by atoms with Crippen LogP contribution < -0.4 is 10.6 Å². The Balaban J connectivity index is 2.04. The van der Waals surface area contributed by atoms with Crippen molar-refractivity contribution in [3.63, 3.8) is 0 Å². The van der Waals surface area contributed by atoms with Crippen LogP contribution in [-0.4, -0.2) is 29.7 Å². The maximum atomic E-state index is 12.3. The van der Waals surface area contributed by atoms with E-state index in [9.17, 15) is 9.90 Å². The van der Waals surface area contributed by atoms with Crippen molar-refractivity contribution < 1.29 is 9.90 Å². The number of hydrogen-bond acceptors (Lipinski definition) is 3. The fraction of sp³-hybridized carbons (Fsp3) is 0.533. The fourth-order valence-electron chi connectivity index (χ4n) is 2.65. The van der Waals surface area contributed by atoms with Crippen LogP contribution in [0.2, 0.25) is 0 Å². The first-order valence-electron chi connectivity index (χ1n) is 6.89. The molecule has 3 N–H and O–H groups in total. The number of nitrogens with one attached hydrogen (secondary N) is 2. The SMILES string of the molecule is CC(O)CC(C)NC(=O)C1CCNc2ccccc21. The van der Waals surface area contributed by atoms with Crippen LogP contribution in [0.3, 0.4) is 0 Å². The number of anilines is 1. The van der Waals surface area contributed by atoms with Crippen molar-refractivity contribution >= 4 is 11.6 Å². The number of rotatable bonds is 4. The molecule has 1 aromatic rings. The molecule has 1 aliphatic heterocycles. The molecule has 4 heteroatoms. The molecule has 0 aliphatic carbocycles. The van der Waals surface area contributed by atoms with Crippen molar-refractivity contribution in [3.8, 4) is 0 Å². The molecule has 104 valence electrons. The van der Waals surface area contributed by atoms with Crippen LogP contribution >= 0.6 is 0 Å². The van der Waals surface area contributed by atoms with E-state index in [0.29, 0.717) is 6.42 Å². The molecular formula is C15H22N2O2.